The smallest absolute Gasteiger partial charge is 0.109 e. The van der Waals surface area contributed by atoms with Crippen LogP contribution in [0.5, 0.6) is 0 Å². The number of hydrogen-bond donors (Lipinski definition) is 1. The first kappa shape index (κ1) is 13.8. The summed E-state index contributed by atoms with van der Waals surface area (Å²) in [5.74, 6) is 5.06. The van der Waals surface area contributed by atoms with E-state index in [2.05, 4.69) is 23.7 Å². The van der Waals surface area contributed by atoms with Gasteiger partial charge in [0.05, 0.1) is 5.69 Å². The second-order valence-corrected chi connectivity index (χ2v) is 7.99. The fraction of sp³-hybridized carbons (Fsp3) is 0.833. The topological polar surface area (TPSA) is 29.9 Å². The van der Waals surface area contributed by atoms with E-state index in [1.807, 2.05) is 0 Å². The fourth-order valence-electron chi connectivity index (χ4n) is 5.00. The molecule has 0 saturated heterocycles. The van der Waals surface area contributed by atoms with Crippen LogP contribution in [0.1, 0.15) is 56.7 Å². The van der Waals surface area contributed by atoms with E-state index in [-0.39, 0.29) is 0 Å². The van der Waals surface area contributed by atoms with E-state index in [4.69, 9.17) is 4.98 Å². The number of aromatic nitrogens is 2. The molecule has 21 heavy (non-hydrogen) atoms. The Morgan fingerprint density at radius 3 is 2.90 bits per heavy atom. The molecule has 1 aromatic heterocycles. The summed E-state index contributed by atoms with van der Waals surface area (Å²) in [5.41, 5.74) is 2.88. The average Bonchev–Trinajstić information content (AvgIpc) is 3.14. The van der Waals surface area contributed by atoms with Crippen molar-refractivity contribution in [3.63, 3.8) is 0 Å². The van der Waals surface area contributed by atoms with Crippen molar-refractivity contribution in [1.29, 1.82) is 0 Å². The molecular weight excluding hydrogens is 258 g/mol. The lowest BCUT2D eigenvalue weighted by atomic mass is 9.88. The lowest BCUT2D eigenvalue weighted by Crippen LogP contribution is -2.27. The predicted octanol–water partition coefficient (Wildman–Crippen LogP) is 3.16. The normalized spacial score (nSPS) is 31.1. The van der Waals surface area contributed by atoms with Gasteiger partial charge in [-0.3, -0.25) is 0 Å². The van der Waals surface area contributed by atoms with Crippen LogP contribution in [0.25, 0.3) is 0 Å². The van der Waals surface area contributed by atoms with Crippen molar-refractivity contribution >= 4 is 0 Å². The first-order valence-electron chi connectivity index (χ1n) is 8.98. The fourth-order valence-corrected chi connectivity index (χ4v) is 5.00. The van der Waals surface area contributed by atoms with Crippen LogP contribution in [0.4, 0.5) is 0 Å². The molecule has 3 atom stereocenters. The van der Waals surface area contributed by atoms with Gasteiger partial charge in [-0.25, -0.2) is 4.98 Å². The quantitative estimate of drug-likeness (QED) is 0.922. The molecule has 0 amide bonds. The zero-order valence-corrected chi connectivity index (χ0v) is 13.6. The van der Waals surface area contributed by atoms with Crippen molar-refractivity contribution in [2.75, 3.05) is 6.54 Å². The average molecular weight is 287 g/mol. The van der Waals surface area contributed by atoms with E-state index in [1.165, 1.54) is 50.2 Å². The summed E-state index contributed by atoms with van der Waals surface area (Å²) < 4.78 is 2.64. The van der Waals surface area contributed by atoms with Crippen LogP contribution in [0.15, 0.2) is 0 Å². The summed E-state index contributed by atoms with van der Waals surface area (Å²) in [6.45, 7) is 7.98. The summed E-state index contributed by atoms with van der Waals surface area (Å²) >= 11 is 0. The van der Waals surface area contributed by atoms with Gasteiger partial charge in [0.2, 0.25) is 0 Å². The summed E-state index contributed by atoms with van der Waals surface area (Å²) in [4.78, 5) is 5.00. The minimum absolute atomic E-state index is 0.695. The molecule has 1 aliphatic heterocycles. The van der Waals surface area contributed by atoms with Gasteiger partial charge in [-0.15, -0.1) is 0 Å². The van der Waals surface area contributed by atoms with Crippen molar-refractivity contribution in [2.24, 2.45) is 23.7 Å². The minimum atomic E-state index is 0.695. The van der Waals surface area contributed by atoms with Gasteiger partial charge in [-0.05, 0) is 42.9 Å². The van der Waals surface area contributed by atoms with Crippen molar-refractivity contribution in [3.05, 3.63) is 17.2 Å². The molecule has 1 N–H and O–H groups in total. The Balaban J connectivity index is 1.61. The first-order valence-corrected chi connectivity index (χ1v) is 8.98. The van der Waals surface area contributed by atoms with Gasteiger partial charge in [-0.2, -0.15) is 0 Å². The third-order valence-corrected chi connectivity index (χ3v) is 5.96. The highest BCUT2D eigenvalue weighted by Crippen LogP contribution is 2.49. The molecule has 2 fully saturated rings. The van der Waals surface area contributed by atoms with Crippen LogP contribution in [0, 0.1) is 23.7 Å². The molecule has 2 bridgehead atoms. The molecule has 2 aliphatic carbocycles. The largest absolute Gasteiger partial charge is 0.331 e. The lowest BCUT2D eigenvalue weighted by molar-refractivity contribution is 0.288. The van der Waals surface area contributed by atoms with Gasteiger partial charge in [-0.1, -0.05) is 20.3 Å². The highest BCUT2D eigenvalue weighted by atomic mass is 15.1. The summed E-state index contributed by atoms with van der Waals surface area (Å²) in [6.07, 6.45) is 8.30. The zero-order valence-electron chi connectivity index (χ0n) is 13.6. The molecule has 2 heterocycles. The molecule has 2 saturated carbocycles. The summed E-state index contributed by atoms with van der Waals surface area (Å²) in [6, 6.07) is 0. The SMILES string of the molecule is CC(C)Cc1nc2c(n1CC1CC3CCC1C3)CCNC2. The lowest BCUT2D eigenvalue weighted by Gasteiger charge is -2.25. The van der Waals surface area contributed by atoms with Crippen molar-refractivity contribution in [1.82, 2.24) is 14.9 Å². The van der Waals surface area contributed by atoms with Crippen LogP contribution in [-0.4, -0.2) is 16.1 Å². The highest BCUT2D eigenvalue weighted by Gasteiger charge is 2.40. The standard InChI is InChI=1S/C18H29N3/c1-12(2)7-18-20-16-10-19-6-5-17(16)21(18)11-15-9-13-3-4-14(15)8-13/h12-15,19H,3-11H2,1-2H3. The maximum Gasteiger partial charge on any atom is 0.109 e. The van der Waals surface area contributed by atoms with Gasteiger partial charge >= 0.3 is 0 Å². The number of fused-ring (bicyclic) bond motifs is 3. The van der Waals surface area contributed by atoms with E-state index in [1.54, 1.807) is 5.69 Å². The minimum Gasteiger partial charge on any atom is -0.331 e. The van der Waals surface area contributed by atoms with Crippen LogP contribution in [-0.2, 0) is 25.9 Å². The molecule has 4 rings (SSSR count). The predicted molar refractivity (Wildman–Crippen MR) is 85.1 cm³/mol. The Morgan fingerprint density at radius 1 is 1.29 bits per heavy atom. The van der Waals surface area contributed by atoms with Crippen LogP contribution >= 0.6 is 0 Å². The Labute approximate surface area is 128 Å². The maximum absolute atomic E-state index is 5.00. The van der Waals surface area contributed by atoms with Crippen LogP contribution in [0.3, 0.4) is 0 Å². The second kappa shape index (κ2) is 5.42. The molecule has 0 spiro atoms. The van der Waals surface area contributed by atoms with Gasteiger partial charge in [0, 0.05) is 38.2 Å². The van der Waals surface area contributed by atoms with E-state index in [0.717, 1.165) is 37.3 Å². The molecule has 3 unspecified atom stereocenters. The van der Waals surface area contributed by atoms with E-state index >= 15 is 0 Å². The van der Waals surface area contributed by atoms with E-state index in [9.17, 15) is 0 Å². The zero-order chi connectivity index (χ0) is 14.4. The molecule has 3 aliphatic rings. The molecule has 0 aromatic carbocycles. The van der Waals surface area contributed by atoms with E-state index < -0.39 is 0 Å². The Bertz CT molecular complexity index is 517. The third kappa shape index (κ3) is 2.54. The number of nitrogens with zero attached hydrogens (tertiary/aromatic N) is 2. The maximum atomic E-state index is 5.00. The highest BCUT2D eigenvalue weighted by molar-refractivity contribution is 5.21. The molecular formula is C18H29N3. The van der Waals surface area contributed by atoms with Gasteiger partial charge in [0.25, 0.3) is 0 Å². The number of imidazole rings is 1. The Morgan fingerprint density at radius 2 is 2.19 bits per heavy atom. The van der Waals surface area contributed by atoms with Crippen molar-refractivity contribution in [3.8, 4) is 0 Å². The van der Waals surface area contributed by atoms with Crippen LogP contribution < -0.4 is 5.32 Å². The Kier molecular flexibility index (Phi) is 3.56. The molecule has 1 aromatic rings. The van der Waals surface area contributed by atoms with E-state index in [0.29, 0.717) is 5.92 Å². The van der Waals surface area contributed by atoms with Gasteiger partial charge in [0.15, 0.2) is 0 Å². The molecule has 116 valence electrons. The van der Waals surface area contributed by atoms with Crippen molar-refractivity contribution in [2.45, 2.75) is 65.5 Å². The number of nitrogens with one attached hydrogen (secondary N) is 1. The second-order valence-electron chi connectivity index (χ2n) is 7.99. The number of rotatable bonds is 4. The Hall–Kier alpha value is -0.830. The first-order chi connectivity index (χ1) is 10.2. The molecule has 3 nitrogen and oxygen atoms in total. The van der Waals surface area contributed by atoms with Gasteiger partial charge in [0.1, 0.15) is 5.82 Å². The van der Waals surface area contributed by atoms with Crippen molar-refractivity contribution < 1.29 is 0 Å². The summed E-state index contributed by atoms with van der Waals surface area (Å²) in [7, 11) is 0. The summed E-state index contributed by atoms with van der Waals surface area (Å²) in [5, 5.41) is 3.48. The number of hydrogen-bond acceptors (Lipinski definition) is 2. The molecule has 0 radical (unpaired) electrons. The third-order valence-electron chi connectivity index (χ3n) is 5.96. The van der Waals surface area contributed by atoms with Crippen LogP contribution in [0.2, 0.25) is 0 Å². The monoisotopic (exact) mass is 287 g/mol. The van der Waals surface area contributed by atoms with Gasteiger partial charge < -0.3 is 9.88 Å². The molecule has 3 heteroatoms.